The van der Waals surface area contributed by atoms with Gasteiger partial charge in [-0.3, -0.25) is 4.79 Å². The summed E-state index contributed by atoms with van der Waals surface area (Å²) in [6.07, 6.45) is 0.762. The highest BCUT2D eigenvalue weighted by molar-refractivity contribution is 5.66. The SMILES string of the molecule is CC(=O)OC1CO[C@H]1Cc1ccccc1. The molecule has 15 heavy (non-hydrogen) atoms. The van der Waals surface area contributed by atoms with Crippen molar-refractivity contribution in [2.24, 2.45) is 0 Å². The molecule has 1 heterocycles. The molecule has 1 aromatic carbocycles. The van der Waals surface area contributed by atoms with Gasteiger partial charge in [-0.15, -0.1) is 0 Å². The average Bonchev–Trinajstić information content (AvgIpc) is 2.23. The van der Waals surface area contributed by atoms with E-state index >= 15 is 0 Å². The van der Waals surface area contributed by atoms with Crippen LogP contribution in [0.15, 0.2) is 30.3 Å². The number of hydrogen-bond donors (Lipinski definition) is 0. The van der Waals surface area contributed by atoms with Gasteiger partial charge in [0.25, 0.3) is 0 Å². The fourth-order valence-corrected chi connectivity index (χ4v) is 1.67. The predicted molar refractivity (Wildman–Crippen MR) is 55.4 cm³/mol. The topological polar surface area (TPSA) is 35.5 Å². The van der Waals surface area contributed by atoms with Crippen LogP contribution >= 0.6 is 0 Å². The zero-order valence-corrected chi connectivity index (χ0v) is 8.68. The lowest BCUT2D eigenvalue weighted by Gasteiger charge is -2.35. The molecule has 2 atom stereocenters. The molecule has 0 N–H and O–H groups in total. The summed E-state index contributed by atoms with van der Waals surface area (Å²) in [5, 5.41) is 0. The highest BCUT2D eigenvalue weighted by Crippen LogP contribution is 2.20. The van der Waals surface area contributed by atoms with Gasteiger partial charge in [-0.2, -0.15) is 0 Å². The summed E-state index contributed by atoms with van der Waals surface area (Å²) in [4.78, 5) is 10.8. The Morgan fingerprint density at radius 1 is 1.47 bits per heavy atom. The Morgan fingerprint density at radius 2 is 2.20 bits per heavy atom. The van der Waals surface area contributed by atoms with Crippen molar-refractivity contribution in [1.29, 1.82) is 0 Å². The third-order valence-corrected chi connectivity index (χ3v) is 2.49. The molecule has 80 valence electrons. The summed E-state index contributed by atoms with van der Waals surface area (Å²) in [6.45, 7) is 1.95. The van der Waals surface area contributed by atoms with Gasteiger partial charge in [-0.1, -0.05) is 30.3 Å². The molecule has 1 aliphatic heterocycles. The molecule has 0 bridgehead atoms. The van der Waals surface area contributed by atoms with Crippen molar-refractivity contribution >= 4 is 5.97 Å². The third kappa shape index (κ3) is 2.57. The van der Waals surface area contributed by atoms with E-state index in [9.17, 15) is 4.79 Å². The quantitative estimate of drug-likeness (QED) is 0.704. The van der Waals surface area contributed by atoms with Gasteiger partial charge in [0.1, 0.15) is 6.10 Å². The monoisotopic (exact) mass is 206 g/mol. The maximum absolute atomic E-state index is 10.8. The standard InChI is InChI=1S/C12H14O3/c1-9(13)15-12-8-14-11(12)7-10-5-3-2-4-6-10/h2-6,11-12H,7-8H2,1H3/t11-,12?/m0/s1. The zero-order valence-electron chi connectivity index (χ0n) is 8.68. The largest absolute Gasteiger partial charge is 0.457 e. The van der Waals surface area contributed by atoms with Crippen molar-refractivity contribution in [3.63, 3.8) is 0 Å². The molecule has 2 rings (SSSR count). The first kappa shape index (κ1) is 10.2. The van der Waals surface area contributed by atoms with Gasteiger partial charge >= 0.3 is 5.97 Å². The van der Waals surface area contributed by atoms with Gasteiger partial charge in [-0.25, -0.2) is 0 Å². The van der Waals surface area contributed by atoms with E-state index in [1.54, 1.807) is 0 Å². The molecule has 0 aliphatic carbocycles. The van der Waals surface area contributed by atoms with Crippen LogP contribution in [0.3, 0.4) is 0 Å². The second-order valence-electron chi connectivity index (χ2n) is 3.71. The first-order valence-corrected chi connectivity index (χ1v) is 5.08. The summed E-state index contributed by atoms with van der Waals surface area (Å²) in [5.74, 6) is -0.235. The van der Waals surface area contributed by atoms with Crippen LogP contribution in [-0.2, 0) is 20.7 Å². The van der Waals surface area contributed by atoms with Crippen LogP contribution in [0.2, 0.25) is 0 Å². The lowest BCUT2D eigenvalue weighted by Crippen LogP contribution is -2.48. The average molecular weight is 206 g/mol. The number of benzene rings is 1. The van der Waals surface area contributed by atoms with Crippen molar-refractivity contribution in [1.82, 2.24) is 0 Å². The molecule has 0 amide bonds. The minimum atomic E-state index is -0.235. The number of ether oxygens (including phenoxy) is 2. The smallest absolute Gasteiger partial charge is 0.303 e. The first-order valence-electron chi connectivity index (χ1n) is 5.08. The molecule has 1 aromatic rings. The molecule has 1 unspecified atom stereocenters. The summed E-state index contributed by atoms with van der Waals surface area (Å²) in [5.41, 5.74) is 1.21. The molecule has 1 aliphatic rings. The van der Waals surface area contributed by atoms with Crippen molar-refractivity contribution in [2.45, 2.75) is 25.6 Å². The van der Waals surface area contributed by atoms with E-state index in [1.807, 2.05) is 30.3 Å². The Labute approximate surface area is 89.0 Å². The van der Waals surface area contributed by atoms with E-state index in [2.05, 4.69) is 0 Å². The summed E-state index contributed by atoms with van der Waals surface area (Å²) in [6, 6.07) is 10.1. The van der Waals surface area contributed by atoms with Crippen LogP contribution in [0.5, 0.6) is 0 Å². The molecular formula is C12H14O3. The Hall–Kier alpha value is -1.35. The van der Waals surface area contributed by atoms with Crippen LogP contribution < -0.4 is 0 Å². The van der Waals surface area contributed by atoms with E-state index in [-0.39, 0.29) is 18.2 Å². The fourth-order valence-electron chi connectivity index (χ4n) is 1.67. The number of hydrogen-bond acceptors (Lipinski definition) is 3. The molecule has 1 saturated heterocycles. The molecule has 0 spiro atoms. The minimum absolute atomic E-state index is 0.0244. The van der Waals surface area contributed by atoms with Crippen LogP contribution in [0.25, 0.3) is 0 Å². The molecule has 0 aromatic heterocycles. The number of esters is 1. The third-order valence-electron chi connectivity index (χ3n) is 2.49. The molecule has 3 nitrogen and oxygen atoms in total. The van der Waals surface area contributed by atoms with Crippen LogP contribution in [0, 0.1) is 0 Å². The van der Waals surface area contributed by atoms with Crippen molar-refractivity contribution in [2.75, 3.05) is 6.61 Å². The molecule has 0 radical (unpaired) electrons. The van der Waals surface area contributed by atoms with Gasteiger partial charge < -0.3 is 9.47 Å². The highest BCUT2D eigenvalue weighted by atomic mass is 16.6. The van der Waals surface area contributed by atoms with Gasteiger partial charge in [0.15, 0.2) is 6.10 Å². The summed E-state index contributed by atoms with van der Waals surface area (Å²) < 4.78 is 10.5. The van der Waals surface area contributed by atoms with Crippen molar-refractivity contribution < 1.29 is 14.3 Å². The lowest BCUT2D eigenvalue weighted by molar-refractivity contribution is -0.195. The zero-order chi connectivity index (χ0) is 10.7. The molecule has 3 heteroatoms. The second kappa shape index (κ2) is 4.45. The Morgan fingerprint density at radius 3 is 2.73 bits per heavy atom. The molecular weight excluding hydrogens is 192 g/mol. The predicted octanol–water partition coefficient (Wildman–Crippen LogP) is 1.56. The van der Waals surface area contributed by atoms with E-state index < -0.39 is 0 Å². The number of rotatable bonds is 3. The first-order chi connectivity index (χ1) is 7.25. The van der Waals surface area contributed by atoms with E-state index in [0.717, 1.165) is 6.42 Å². The fraction of sp³-hybridized carbons (Fsp3) is 0.417. The van der Waals surface area contributed by atoms with Crippen LogP contribution in [-0.4, -0.2) is 24.8 Å². The second-order valence-corrected chi connectivity index (χ2v) is 3.71. The van der Waals surface area contributed by atoms with Gasteiger partial charge in [0.05, 0.1) is 6.61 Å². The van der Waals surface area contributed by atoms with Gasteiger partial charge in [0.2, 0.25) is 0 Å². The van der Waals surface area contributed by atoms with E-state index in [4.69, 9.17) is 9.47 Å². The number of carbonyl (C=O) groups excluding carboxylic acids is 1. The van der Waals surface area contributed by atoms with Crippen LogP contribution in [0.1, 0.15) is 12.5 Å². The van der Waals surface area contributed by atoms with Gasteiger partial charge in [0, 0.05) is 13.3 Å². The summed E-state index contributed by atoms with van der Waals surface area (Å²) in [7, 11) is 0. The van der Waals surface area contributed by atoms with Gasteiger partial charge in [-0.05, 0) is 5.56 Å². The molecule has 1 fully saturated rings. The Bertz CT molecular complexity index is 334. The maximum atomic E-state index is 10.8. The van der Waals surface area contributed by atoms with Crippen molar-refractivity contribution in [3.05, 3.63) is 35.9 Å². The van der Waals surface area contributed by atoms with Crippen LogP contribution in [0.4, 0.5) is 0 Å². The number of carbonyl (C=O) groups is 1. The van der Waals surface area contributed by atoms with E-state index in [1.165, 1.54) is 12.5 Å². The maximum Gasteiger partial charge on any atom is 0.303 e. The highest BCUT2D eigenvalue weighted by Gasteiger charge is 2.34. The minimum Gasteiger partial charge on any atom is -0.457 e. The summed E-state index contributed by atoms with van der Waals surface area (Å²) >= 11 is 0. The lowest BCUT2D eigenvalue weighted by atomic mass is 10.0. The van der Waals surface area contributed by atoms with E-state index in [0.29, 0.717) is 6.61 Å². The normalized spacial score (nSPS) is 24.3. The van der Waals surface area contributed by atoms with Crippen molar-refractivity contribution in [3.8, 4) is 0 Å². The Kier molecular flexibility index (Phi) is 3.02. The molecule has 0 saturated carbocycles. The Balaban J connectivity index is 1.88.